The molecule has 0 unspecified atom stereocenters. The van der Waals surface area contributed by atoms with E-state index >= 15 is 0 Å². The molecule has 0 radical (unpaired) electrons. The highest BCUT2D eigenvalue weighted by Gasteiger charge is 2.38. The molecular weight excluding hydrogens is 217 g/mol. The molecule has 0 heterocycles. The van der Waals surface area contributed by atoms with Crippen molar-refractivity contribution in [1.29, 1.82) is 0 Å². The lowest BCUT2D eigenvalue weighted by molar-refractivity contribution is -0.171. The standard InChI is InChI=1S/C12H11F3O/c1-2-9(8-11(16)12(13,14)15)10-6-4-3-5-7-10/h2-7,9H,1,8H2/t9-/m1/s1. The Labute approximate surface area is 91.6 Å². The third-order valence-electron chi connectivity index (χ3n) is 2.23. The molecule has 16 heavy (non-hydrogen) atoms. The van der Waals surface area contributed by atoms with Gasteiger partial charge in [-0.1, -0.05) is 36.4 Å². The van der Waals surface area contributed by atoms with Gasteiger partial charge in [0.1, 0.15) is 0 Å². The number of allylic oxidation sites excluding steroid dienone is 1. The first-order valence-electron chi connectivity index (χ1n) is 4.72. The van der Waals surface area contributed by atoms with Gasteiger partial charge in [-0.15, -0.1) is 6.58 Å². The van der Waals surface area contributed by atoms with Crippen LogP contribution in [-0.4, -0.2) is 12.0 Å². The lowest BCUT2D eigenvalue weighted by Crippen LogP contribution is -2.24. The zero-order valence-corrected chi connectivity index (χ0v) is 8.50. The minimum absolute atomic E-state index is 0.586. The van der Waals surface area contributed by atoms with Gasteiger partial charge in [0.15, 0.2) is 0 Å². The molecule has 1 aromatic carbocycles. The van der Waals surface area contributed by atoms with Crippen molar-refractivity contribution in [1.82, 2.24) is 0 Å². The second-order valence-corrected chi connectivity index (χ2v) is 3.38. The highest BCUT2D eigenvalue weighted by atomic mass is 19.4. The predicted octanol–water partition coefficient (Wildman–Crippen LogP) is 3.48. The number of alkyl halides is 3. The second-order valence-electron chi connectivity index (χ2n) is 3.38. The van der Waals surface area contributed by atoms with Crippen LogP contribution < -0.4 is 0 Å². The van der Waals surface area contributed by atoms with Crippen molar-refractivity contribution in [2.24, 2.45) is 0 Å². The van der Waals surface area contributed by atoms with Gasteiger partial charge in [-0.25, -0.2) is 0 Å². The van der Waals surface area contributed by atoms with Crippen molar-refractivity contribution in [3.05, 3.63) is 48.6 Å². The number of benzene rings is 1. The minimum Gasteiger partial charge on any atom is -0.290 e. The van der Waals surface area contributed by atoms with Crippen LogP contribution in [0.1, 0.15) is 17.9 Å². The molecule has 0 N–H and O–H groups in total. The largest absolute Gasteiger partial charge is 0.450 e. The smallest absolute Gasteiger partial charge is 0.290 e. The van der Waals surface area contributed by atoms with Crippen molar-refractivity contribution >= 4 is 5.78 Å². The van der Waals surface area contributed by atoms with E-state index in [0.717, 1.165) is 0 Å². The van der Waals surface area contributed by atoms with E-state index in [9.17, 15) is 18.0 Å². The maximum atomic E-state index is 12.1. The van der Waals surface area contributed by atoms with Gasteiger partial charge in [-0.2, -0.15) is 13.2 Å². The number of carbonyl (C=O) groups excluding carboxylic acids is 1. The Morgan fingerprint density at radius 2 is 1.88 bits per heavy atom. The summed E-state index contributed by atoms with van der Waals surface area (Å²) in [4.78, 5) is 10.8. The van der Waals surface area contributed by atoms with Gasteiger partial charge in [0.05, 0.1) is 0 Å². The van der Waals surface area contributed by atoms with Crippen molar-refractivity contribution < 1.29 is 18.0 Å². The normalized spacial score (nSPS) is 13.2. The molecule has 0 bridgehead atoms. The summed E-state index contributed by atoms with van der Waals surface area (Å²) in [6.07, 6.45) is -3.99. The predicted molar refractivity (Wildman–Crippen MR) is 55.1 cm³/mol. The molecule has 1 aromatic rings. The monoisotopic (exact) mass is 228 g/mol. The zero-order valence-electron chi connectivity index (χ0n) is 8.50. The summed E-state index contributed by atoms with van der Waals surface area (Å²) in [6, 6.07) is 8.54. The number of carbonyl (C=O) groups is 1. The Hall–Kier alpha value is -1.58. The molecule has 0 aromatic heterocycles. The van der Waals surface area contributed by atoms with Gasteiger partial charge >= 0.3 is 6.18 Å². The second kappa shape index (κ2) is 4.96. The van der Waals surface area contributed by atoms with E-state index in [1.165, 1.54) is 6.08 Å². The van der Waals surface area contributed by atoms with Gasteiger partial charge in [-0.3, -0.25) is 4.79 Å². The first kappa shape index (κ1) is 12.5. The van der Waals surface area contributed by atoms with Crippen LogP contribution in [-0.2, 0) is 4.79 Å². The third kappa shape index (κ3) is 3.22. The maximum absolute atomic E-state index is 12.1. The van der Waals surface area contributed by atoms with Crippen LogP contribution in [0, 0.1) is 0 Å². The third-order valence-corrected chi connectivity index (χ3v) is 2.23. The van der Waals surface area contributed by atoms with E-state index in [0.29, 0.717) is 5.56 Å². The number of ketones is 1. The fourth-order valence-electron chi connectivity index (χ4n) is 1.35. The summed E-state index contributed by atoms with van der Waals surface area (Å²) in [7, 11) is 0. The van der Waals surface area contributed by atoms with Crippen LogP contribution in [0.25, 0.3) is 0 Å². The van der Waals surface area contributed by atoms with E-state index < -0.39 is 24.3 Å². The van der Waals surface area contributed by atoms with Gasteiger partial charge in [0, 0.05) is 12.3 Å². The molecule has 0 aliphatic heterocycles. The maximum Gasteiger partial charge on any atom is 0.450 e. The number of rotatable bonds is 4. The lowest BCUT2D eigenvalue weighted by Gasteiger charge is -2.13. The van der Waals surface area contributed by atoms with E-state index in [1.807, 2.05) is 0 Å². The summed E-state index contributed by atoms with van der Waals surface area (Å²) in [5.41, 5.74) is 0.662. The Kier molecular flexibility index (Phi) is 3.88. The SMILES string of the molecule is C=C[C@H](CC(=O)C(F)(F)F)c1ccccc1. The summed E-state index contributed by atoms with van der Waals surface area (Å²) in [5, 5.41) is 0. The summed E-state index contributed by atoms with van der Waals surface area (Å²) >= 11 is 0. The van der Waals surface area contributed by atoms with Crippen LogP contribution in [0.4, 0.5) is 13.2 Å². The van der Waals surface area contributed by atoms with Crippen LogP contribution in [0.2, 0.25) is 0 Å². The van der Waals surface area contributed by atoms with Crippen molar-refractivity contribution in [2.75, 3.05) is 0 Å². The molecule has 0 amide bonds. The van der Waals surface area contributed by atoms with Crippen LogP contribution in [0.15, 0.2) is 43.0 Å². The fraction of sp³-hybridized carbons (Fsp3) is 0.250. The summed E-state index contributed by atoms with van der Waals surface area (Å²) in [5.74, 6) is -2.31. The first-order chi connectivity index (χ1) is 7.45. The fourth-order valence-corrected chi connectivity index (χ4v) is 1.35. The number of Topliss-reactive ketones (excluding diaryl/α,β-unsaturated/α-hetero) is 1. The average molecular weight is 228 g/mol. The molecule has 0 spiro atoms. The topological polar surface area (TPSA) is 17.1 Å². The first-order valence-corrected chi connectivity index (χ1v) is 4.72. The molecular formula is C12H11F3O. The van der Waals surface area contributed by atoms with E-state index in [2.05, 4.69) is 6.58 Å². The molecule has 0 saturated heterocycles. The molecule has 0 saturated carbocycles. The van der Waals surface area contributed by atoms with Crippen molar-refractivity contribution in [2.45, 2.75) is 18.5 Å². The highest BCUT2D eigenvalue weighted by Crippen LogP contribution is 2.26. The molecule has 0 fully saturated rings. The number of hydrogen-bond donors (Lipinski definition) is 0. The average Bonchev–Trinajstić information content (AvgIpc) is 2.25. The summed E-state index contributed by atoms with van der Waals surface area (Å²) < 4.78 is 36.2. The van der Waals surface area contributed by atoms with E-state index in [-0.39, 0.29) is 0 Å². The Balaban J connectivity index is 2.79. The minimum atomic E-state index is -4.77. The van der Waals surface area contributed by atoms with Gasteiger partial charge < -0.3 is 0 Å². The lowest BCUT2D eigenvalue weighted by atomic mass is 9.94. The molecule has 1 nitrogen and oxygen atoms in total. The van der Waals surface area contributed by atoms with Crippen LogP contribution in [0.5, 0.6) is 0 Å². The Morgan fingerprint density at radius 3 is 2.31 bits per heavy atom. The number of hydrogen-bond acceptors (Lipinski definition) is 1. The van der Waals surface area contributed by atoms with Crippen molar-refractivity contribution in [3.8, 4) is 0 Å². The van der Waals surface area contributed by atoms with Gasteiger partial charge in [0.2, 0.25) is 5.78 Å². The summed E-state index contributed by atoms with van der Waals surface area (Å²) in [6.45, 7) is 3.45. The quantitative estimate of drug-likeness (QED) is 0.721. The van der Waals surface area contributed by atoms with Gasteiger partial charge in [-0.05, 0) is 5.56 Å². The van der Waals surface area contributed by atoms with Crippen LogP contribution >= 0.6 is 0 Å². The zero-order chi connectivity index (χ0) is 12.2. The molecule has 86 valence electrons. The van der Waals surface area contributed by atoms with Gasteiger partial charge in [0.25, 0.3) is 0 Å². The van der Waals surface area contributed by atoms with E-state index in [1.54, 1.807) is 30.3 Å². The Morgan fingerprint density at radius 1 is 1.31 bits per heavy atom. The molecule has 4 heteroatoms. The molecule has 0 aliphatic rings. The van der Waals surface area contributed by atoms with E-state index in [4.69, 9.17) is 0 Å². The number of halogens is 3. The van der Waals surface area contributed by atoms with Crippen molar-refractivity contribution in [3.63, 3.8) is 0 Å². The Bertz CT molecular complexity index is 368. The molecule has 0 aliphatic carbocycles. The highest BCUT2D eigenvalue weighted by molar-refractivity contribution is 5.85. The van der Waals surface area contributed by atoms with Crippen LogP contribution in [0.3, 0.4) is 0 Å². The molecule has 1 rings (SSSR count). The molecule has 1 atom stereocenters.